The quantitative estimate of drug-likeness (QED) is 0.367. The third-order valence-corrected chi connectivity index (χ3v) is 6.86. The summed E-state index contributed by atoms with van der Waals surface area (Å²) in [6.45, 7) is 0.746. The summed E-state index contributed by atoms with van der Waals surface area (Å²) < 4.78 is 54.6. The van der Waals surface area contributed by atoms with E-state index in [9.17, 15) is 22.3 Å². The molecule has 2 aromatic carbocycles. The Morgan fingerprint density at radius 3 is 2.56 bits per heavy atom. The van der Waals surface area contributed by atoms with Crippen molar-refractivity contribution in [1.82, 2.24) is 14.9 Å². The molecule has 0 saturated heterocycles. The average molecular weight is 595 g/mol. The van der Waals surface area contributed by atoms with Gasteiger partial charge in [-0.15, -0.1) is 11.8 Å². The fourth-order valence-electron chi connectivity index (χ4n) is 3.45. The lowest BCUT2D eigenvalue weighted by molar-refractivity contribution is 0.0750. The van der Waals surface area contributed by atoms with Gasteiger partial charge in [-0.05, 0) is 64.4 Å². The summed E-state index contributed by atoms with van der Waals surface area (Å²) in [6.07, 6.45) is 0.238. The molecule has 0 aromatic heterocycles. The number of aliphatic hydroxyl groups is 1. The zero-order chi connectivity index (χ0) is 23.3. The van der Waals surface area contributed by atoms with Gasteiger partial charge in [0, 0.05) is 28.1 Å². The Kier molecular flexibility index (Phi) is 8.78. The predicted molar refractivity (Wildman–Crippen MR) is 131 cm³/mol. The van der Waals surface area contributed by atoms with E-state index >= 15 is 0 Å². The molecule has 0 aliphatic carbocycles. The second kappa shape index (κ2) is 11.1. The molecule has 1 heterocycles. The van der Waals surface area contributed by atoms with Crippen LogP contribution in [0.3, 0.4) is 0 Å². The number of hydrogen-bond donors (Lipinski definition) is 3. The van der Waals surface area contributed by atoms with E-state index in [2.05, 4.69) is 32.6 Å². The minimum Gasteiger partial charge on any atom is -0.390 e. The van der Waals surface area contributed by atoms with Crippen molar-refractivity contribution in [3.63, 3.8) is 0 Å². The van der Waals surface area contributed by atoms with E-state index in [-0.39, 0.29) is 13.0 Å². The molecule has 6 nitrogen and oxygen atoms in total. The Labute approximate surface area is 204 Å². The van der Waals surface area contributed by atoms with Crippen LogP contribution in [0.4, 0.5) is 8.78 Å². The molecule has 3 rings (SSSR count). The molecule has 0 unspecified atom stereocenters. The van der Waals surface area contributed by atoms with Crippen molar-refractivity contribution in [2.24, 2.45) is 0 Å². The van der Waals surface area contributed by atoms with Gasteiger partial charge in [0.1, 0.15) is 17.5 Å². The van der Waals surface area contributed by atoms with Crippen LogP contribution in [0.2, 0.25) is 0 Å². The number of thioether (sulfide) groups is 1. The average Bonchev–Trinajstić information content (AvgIpc) is 3.11. The summed E-state index contributed by atoms with van der Waals surface area (Å²) in [6, 6.07) is 10.6. The van der Waals surface area contributed by atoms with Crippen LogP contribution in [0.15, 0.2) is 53.7 Å². The molecule has 2 aromatic rings. The normalized spacial score (nSPS) is 16.0. The van der Waals surface area contributed by atoms with Crippen molar-refractivity contribution in [2.75, 3.05) is 18.7 Å². The highest BCUT2D eigenvalue weighted by Gasteiger charge is 2.31. The van der Waals surface area contributed by atoms with Crippen molar-refractivity contribution in [1.29, 1.82) is 0 Å². The lowest BCUT2D eigenvalue weighted by Gasteiger charge is -2.35. The van der Waals surface area contributed by atoms with Gasteiger partial charge in [-0.3, -0.25) is 4.72 Å². The summed E-state index contributed by atoms with van der Waals surface area (Å²) in [4.78, 5) is 1.71. The van der Waals surface area contributed by atoms with Crippen LogP contribution < -0.4 is 10.0 Å². The number of benzene rings is 2. The maximum absolute atomic E-state index is 13.7. The van der Waals surface area contributed by atoms with Gasteiger partial charge in [0.15, 0.2) is 0 Å². The highest BCUT2D eigenvalue weighted by molar-refractivity contribution is 14.1. The number of sulfonamides is 1. The molecule has 2 atom stereocenters. The fraction of sp³-hybridized carbons (Fsp3) is 0.333. The Morgan fingerprint density at radius 1 is 1.19 bits per heavy atom. The van der Waals surface area contributed by atoms with Crippen molar-refractivity contribution in [3.05, 3.63) is 80.0 Å². The van der Waals surface area contributed by atoms with Gasteiger partial charge in [-0.1, -0.05) is 12.1 Å². The molecule has 0 bridgehead atoms. The third kappa shape index (κ3) is 7.58. The van der Waals surface area contributed by atoms with Crippen LogP contribution in [0.25, 0.3) is 0 Å². The Morgan fingerprint density at radius 2 is 1.91 bits per heavy atom. The lowest BCUT2D eigenvalue weighted by Crippen LogP contribution is -2.49. The highest BCUT2D eigenvalue weighted by atomic mass is 127. The summed E-state index contributed by atoms with van der Waals surface area (Å²) in [5.74, 6) is -0.679. The molecule has 1 aliphatic heterocycles. The summed E-state index contributed by atoms with van der Waals surface area (Å²) in [5.41, 5.74) is 1.43. The van der Waals surface area contributed by atoms with Crippen molar-refractivity contribution >= 4 is 44.4 Å². The minimum absolute atomic E-state index is 0.129. The molecule has 32 heavy (non-hydrogen) atoms. The molecule has 0 spiro atoms. The first-order chi connectivity index (χ1) is 15.1. The predicted octanol–water partition coefficient (Wildman–Crippen LogP) is 2.99. The fourth-order valence-corrected chi connectivity index (χ4v) is 5.61. The molecule has 0 amide bonds. The molecule has 174 valence electrons. The largest absolute Gasteiger partial charge is 0.390 e. The molecule has 0 fully saturated rings. The van der Waals surface area contributed by atoms with Crippen LogP contribution in [0, 0.1) is 15.2 Å². The number of nitrogens with zero attached hydrogens (tertiary/aromatic N) is 1. The van der Waals surface area contributed by atoms with Crippen molar-refractivity contribution < 1.29 is 22.3 Å². The molecular weight excluding hydrogens is 571 g/mol. The molecule has 0 radical (unpaired) electrons. The molecule has 0 saturated carbocycles. The van der Waals surface area contributed by atoms with Gasteiger partial charge >= 0.3 is 0 Å². The maximum atomic E-state index is 13.7. The first-order valence-corrected chi connectivity index (χ1v) is 13.8. The number of hydrogen-bond acceptors (Lipinski definition) is 6. The number of nitrogens with one attached hydrogen (secondary N) is 2. The van der Waals surface area contributed by atoms with E-state index < -0.39 is 33.8 Å². The lowest BCUT2D eigenvalue weighted by atomic mass is 9.99. The van der Waals surface area contributed by atoms with E-state index in [1.54, 1.807) is 10.3 Å². The van der Waals surface area contributed by atoms with Gasteiger partial charge in [-0.2, -0.15) is 0 Å². The first kappa shape index (κ1) is 25.2. The molecular formula is C21H24F2IN3O3S2. The Hall–Kier alpha value is -1.41. The Balaban J connectivity index is 1.76. The monoisotopic (exact) mass is 595 g/mol. The standard InChI is InChI=1S/C21H24F2IN3O3S2/c1-32(29,30)26-21-12-31-13-27(21)19(8-15-5-16(22)9-17(23)6-15)20(28)11-25-10-14-3-2-4-18(24)7-14/h2-7,9,12,19-20,25-26,28H,8,10-11,13H2,1H3/t19-,20+/m0/s1. The van der Waals surface area contributed by atoms with Gasteiger partial charge in [0.2, 0.25) is 10.0 Å². The zero-order valence-corrected chi connectivity index (χ0v) is 21.1. The summed E-state index contributed by atoms with van der Waals surface area (Å²) >= 11 is 3.60. The van der Waals surface area contributed by atoms with E-state index in [0.717, 1.165) is 21.5 Å². The van der Waals surface area contributed by atoms with Crippen LogP contribution in [0.1, 0.15) is 11.1 Å². The van der Waals surface area contributed by atoms with Crippen LogP contribution in [0.5, 0.6) is 0 Å². The summed E-state index contributed by atoms with van der Waals surface area (Å²) in [7, 11) is -3.53. The van der Waals surface area contributed by atoms with Crippen LogP contribution in [-0.2, 0) is 23.0 Å². The van der Waals surface area contributed by atoms with Crippen LogP contribution >= 0.6 is 34.4 Å². The van der Waals surface area contributed by atoms with Gasteiger partial charge in [0.25, 0.3) is 0 Å². The summed E-state index contributed by atoms with van der Waals surface area (Å²) in [5, 5.41) is 15.9. The van der Waals surface area contributed by atoms with E-state index in [1.165, 1.54) is 23.9 Å². The second-order valence-electron chi connectivity index (χ2n) is 7.52. The molecule has 11 heteroatoms. The van der Waals surface area contributed by atoms with Crippen LogP contribution in [-0.4, -0.2) is 49.2 Å². The number of halogens is 3. The topological polar surface area (TPSA) is 81.7 Å². The number of aliphatic hydroxyl groups excluding tert-OH is 1. The highest BCUT2D eigenvalue weighted by Crippen LogP contribution is 2.28. The van der Waals surface area contributed by atoms with E-state index in [1.807, 2.05) is 24.3 Å². The zero-order valence-electron chi connectivity index (χ0n) is 17.3. The van der Waals surface area contributed by atoms with E-state index in [4.69, 9.17) is 0 Å². The third-order valence-electron chi connectivity index (χ3n) is 4.79. The molecule has 1 aliphatic rings. The van der Waals surface area contributed by atoms with Gasteiger partial charge in [0.05, 0.1) is 24.3 Å². The van der Waals surface area contributed by atoms with Crippen molar-refractivity contribution in [3.8, 4) is 0 Å². The number of rotatable bonds is 10. The second-order valence-corrected chi connectivity index (χ2v) is 11.3. The van der Waals surface area contributed by atoms with Crippen molar-refractivity contribution in [2.45, 2.75) is 25.1 Å². The maximum Gasteiger partial charge on any atom is 0.230 e. The van der Waals surface area contributed by atoms with Gasteiger partial charge in [-0.25, -0.2) is 17.2 Å². The smallest absolute Gasteiger partial charge is 0.230 e. The van der Waals surface area contributed by atoms with E-state index in [0.29, 0.717) is 23.8 Å². The Bertz CT molecular complexity index is 1070. The van der Waals surface area contributed by atoms with Gasteiger partial charge < -0.3 is 15.3 Å². The minimum atomic E-state index is -3.53. The first-order valence-electron chi connectivity index (χ1n) is 9.75. The molecule has 3 N–H and O–H groups in total. The SMILES string of the molecule is CS(=O)(=O)NC1=CSCN1[C@@H](Cc1cc(F)cc(F)c1)[C@H](O)CNCc1cccc(I)c1.